The zero-order valence-electron chi connectivity index (χ0n) is 17.2. The molecule has 0 aliphatic carbocycles. The molecular weight excluding hydrogens is 428 g/mol. The van der Waals surface area contributed by atoms with Gasteiger partial charge in [-0.2, -0.15) is 0 Å². The first-order chi connectivity index (χ1) is 15.4. The monoisotopic (exact) mass is 446 g/mol. The summed E-state index contributed by atoms with van der Waals surface area (Å²) in [6, 6.07) is 14.7. The van der Waals surface area contributed by atoms with Gasteiger partial charge in [-0.1, -0.05) is 47.5 Å². The molecule has 1 amide bonds. The average Bonchev–Trinajstić information content (AvgIpc) is 3.36. The summed E-state index contributed by atoms with van der Waals surface area (Å²) in [5.41, 5.74) is 2.63. The number of nitrogens with one attached hydrogen (secondary N) is 1. The van der Waals surface area contributed by atoms with Crippen LogP contribution in [0.1, 0.15) is 46.0 Å². The van der Waals surface area contributed by atoms with Crippen molar-refractivity contribution in [3.63, 3.8) is 0 Å². The number of benzene rings is 2. The Morgan fingerprint density at radius 2 is 1.97 bits per heavy atom. The third-order valence-electron chi connectivity index (χ3n) is 4.77. The summed E-state index contributed by atoms with van der Waals surface area (Å²) < 4.78 is 11.5. The molecule has 0 bridgehead atoms. The number of hydrogen-bond donors (Lipinski definition) is 2. The minimum atomic E-state index is -0.962. The Labute approximate surface area is 187 Å². The van der Waals surface area contributed by atoms with Gasteiger partial charge in [0.05, 0.1) is 5.56 Å². The summed E-state index contributed by atoms with van der Waals surface area (Å²) in [4.78, 5) is 23.6. The topological polar surface area (TPSA) is 102 Å². The van der Waals surface area contributed by atoms with Gasteiger partial charge in [-0.25, -0.2) is 9.59 Å². The van der Waals surface area contributed by atoms with Crippen LogP contribution in [0.4, 0.5) is 10.5 Å². The molecule has 2 aromatic heterocycles. The summed E-state index contributed by atoms with van der Waals surface area (Å²) in [6.45, 7) is 3.47. The molecule has 0 aliphatic rings. The highest BCUT2D eigenvalue weighted by atomic mass is 32.1. The fraction of sp³-hybridized carbons (Fsp3) is 0.125. The van der Waals surface area contributed by atoms with Crippen molar-refractivity contribution in [1.82, 2.24) is 5.16 Å². The molecular formula is C24H18N2O5S. The Hall–Kier alpha value is -4.09. The van der Waals surface area contributed by atoms with Gasteiger partial charge in [0.25, 0.3) is 0 Å². The average molecular weight is 446 g/mol. The van der Waals surface area contributed by atoms with Gasteiger partial charge in [-0.15, -0.1) is 11.3 Å². The third-order valence-corrected chi connectivity index (χ3v) is 5.71. The first-order valence-electron chi connectivity index (χ1n) is 9.68. The Bertz CT molecular complexity index is 1360. The molecule has 0 radical (unpaired) electrons. The number of rotatable bonds is 4. The van der Waals surface area contributed by atoms with Crippen molar-refractivity contribution in [1.29, 1.82) is 0 Å². The lowest BCUT2D eigenvalue weighted by Crippen LogP contribution is -2.16. The quantitative estimate of drug-likeness (QED) is 0.395. The van der Waals surface area contributed by atoms with E-state index in [1.807, 2.05) is 36.4 Å². The van der Waals surface area contributed by atoms with Crippen LogP contribution in [0.15, 0.2) is 58.4 Å². The van der Waals surface area contributed by atoms with Gasteiger partial charge in [0.15, 0.2) is 0 Å². The normalized spacial score (nSPS) is 11.4. The van der Waals surface area contributed by atoms with Gasteiger partial charge < -0.3 is 14.4 Å². The minimum absolute atomic E-state index is 0.198. The van der Waals surface area contributed by atoms with E-state index in [9.17, 15) is 14.7 Å². The summed E-state index contributed by atoms with van der Waals surface area (Å²) in [5.74, 6) is 5.08. The lowest BCUT2D eigenvalue weighted by atomic mass is 10.1. The molecule has 1 atom stereocenters. The summed E-state index contributed by atoms with van der Waals surface area (Å²) in [7, 11) is 0. The van der Waals surface area contributed by atoms with Crippen molar-refractivity contribution in [3.8, 4) is 11.8 Å². The predicted octanol–water partition coefficient (Wildman–Crippen LogP) is 5.61. The molecule has 7 nitrogen and oxygen atoms in total. The number of anilines is 1. The Morgan fingerprint density at radius 1 is 1.19 bits per heavy atom. The Kier molecular flexibility index (Phi) is 5.92. The Morgan fingerprint density at radius 3 is 2.72 bits per heavy atom. The standard InChI is InChI=1S/C24H18N2O5S/c1-14-22(25-24(29)30-15(2)17-6-4-3-5-7-17)20(31-26-14)11-9-16-8-10-18-19(23(27)28)13-32-21(18)12-16/h3-8,10,12-13,15H,1-2H3,(H,25,29)(H,27,28). The van der Waals surface area contributed by atoms with Gasteiger partial charge in [-0.3, -0.25) is 5.32 Å². The first-order valence-corrected chi connectivity index (χ1v) is 10.6. The van der Waals surface area contributed by atoms with Crippen molar-refractivity contribution in [2.24, 2.45) is 0 Å². The molecule has 4 aromatic rings. The molecule has 32 heavy (non-hydrogen) atoms. The number of carbonyl (C=O) groups is 2. The van der Waals surface area contributed by atoms with Gasteiger partial charge in [0.2, 0.25) is 5.76 Å². The maximum atomic E-state index is 12.4. The van der Waals surface area contributed by atoms with E-state index < -0.39 is 18.2 Å². The van der Waals surface area contributed by atoms with Crippen LogP contribution in [0, 0.1) is 18.8 Å². The molecule has 2 N–H and O–H groups in total. The highest BCUT2D eigenvalue weighted by Crippen LogP contribution is 2.27. The zero-order chi connectivity index (χ0) is 22.7. The highest BCUT2D eigenvalue weighted by Gasteiger charge is 2.18. The van der Waals surface area contributed by atoms with Crippen LogP contribution in [-0.2, 0) is 4.74 Å². The van der Waals surface area contributed by atoms with Crippen LogP contribution >= 0.6 is 11.3 Å². The van der Waals surface area contributed by atoms with Crippen LogP contribution in [0.3, 0.4) is 0 Å². The van der Waals surface area contributed by atoms with Crippen molar-refractivity contribution >= 4 is 39.2 Å². The second-order valence-electron chi connectivity index (χ2n) is 6.97. The Balaban J connectivity index is 1.51. The molecule has 2 aromatic carbocycles. The number of hydrogen-bond acceptors (Lipinski definition) is 6. The van der Waals surface area contributed by atoms with Crippen molar-refractivity contribution in [3.05, 3.63) is 82.1 Å². The number of carboxylic acids is 1. The molecule has 0 spiro atoms. The number of carboxylic acid groups (broad SMARTS) is 1. The SMILES string of the molecule is Cc1noc(C#Cc2ccc3c(C(=O)O)csc3c2)c1NC(=O)OC(C)c1ccccc1. The molecule has 2 heterocycles. The van der Waals surface area contributed by atoms with E-state index in [0.717, 1.165) is 10.3 Å². The van der Waals surface area contributed by atoms with Crippen LogP contribution in [-0.4, -0.2) is 22.3 Å². The maximum Gasteiger partial charge on any atom is 0.412 e. The number of carbonyl (C=O) groups excluding carboxylic acids is 1. The van der Waals surface area contributed by atoms with Crippen molar-refractivity contribution in [2.45, 2.75) is 20.0 Å². The maximum absolute atomic E-state index is 12.4. The number of aromatic nitrogens is 1. The third kappa shape index (κ3) is 4.48. The van der Waals surface area contributed by atoms with Crippen LogP contribution < -0.4 is 5.32 Å². The highest BCUT2D eigenvalue weighted by molar-refractivity contribution is 7.17. The molecule has 0 aliphatic heterocycles. The number of nitrogens with zero attached hydrogens (tertiary/aromatic N) is 1. The number of aromatic carboxylic acids is 1. The van der Waals surface area contributed by atoms with E-state index in [2.05, 4.69) is 22.3 Å². The molecule has 4 rings (SSSR count). The van der Waals surface area contributed by atoms with E-state index in [-0.39, 0.29) is 11.3 Å². The van der Waals surface area contributed by atoms with Crippen LogP contribution in [0.2, 0.25) is 0 Å². The molecule has 160 valence electrons. The van der Waals surface area contributed by atoms with E-state index in [0.29, 0.717) is 22.3 Å². The second kappa shape index (κ2) is 8.96. The molecule has 0 saturated heterocycles. The fourth-order valence-corrected chi connectivity index (χ4v) is 4.06. The minimum Gasteiger partial charge on any atom is -0.478 e. The van der Waals surface area contributed by atoms with Gasteiger partial charge in [0, 0.05) is 21.0 Å². The molecule has 8 heteroatoms. The molecule has 0 fully saturated rings. The van der Waals surface area contributed by atoms with E-state index >= 15 is 0 Å². The van der Waals surface area contributed by atoms with Gasteiger partial charge in [0.1, 0.15) is 17.5 Å². The smallest absolute Gasteiger partial charge is 0.412 e. The van der Waals surface area contributed by atoms with Crippen molar-refractivity contribution < 1.29 is 24.0 Å². The molecule has 1 unspecified atom stereocenters. The fourth-order valence-electron chi connectivity index (χ4n) is 3.09. The lowest BCUT2D eigenvalue weighted by molar-refractivity contribution is 0.0699. The largest absolute Gasteiger partial charge is 0.478 e. The van der Waals surface area contributed by atoms with E-state index in [1.54, 1.807) is 31.4 Å². The van der Waals surface area contributed by atoms with Crippen LogP contribution in [0.25, 0.3) is 10.1 Å². The summed E-state index contributed by atoms with van der Waals surface area (Å²) in [6.07, 6.45) is -1.07. The number of aryl methyl sites for hydroxylation is 1. The number of fused-ring (bicyclic) bond motifs is 1. The second-order valence-corrected chi connectivity index (χ2v) is 7.88. The number of amides is 1. The molecule has 0 saturated carbocycles. The predicted molar refractivity (Wildman–Crippen MR) is 121 cm³/mol. The van der Waals surface area contributed by atoms with Gasteiger partial charge in [-0.05, 0) is 37.5 Å². The van der Waals surface area contributed by atoms with Crippen LogP contribution in [0.5, 0.6) is 0 Å². The summed E-state index contributed by atoms with van der Waals surface area (Å²) >= 11 is 1.34. The van der Waals surface area contributed by atoms with Crippen molar-refractivity contribution in [2.75, 3.05) is 5.32 Å². The van der Waals surface area contributed by atoms with E-state index in [1.165, 1.54) is 11.3 Å². The zero-order valence-corrected chi connectivity index (χ0v) is 18.0. The summed E-state index contributed by atoms with van der Waals surface area (Å²) in [5, 5.41) is 18.0. The van der Waals surface area contributed by atoms with Gasteiger partial charge >= 0.3 is 12.1 Å². The van der Waals surface area contributed by atoms with E-state index in [4.69, 9.17) is 9.26 Å². The number of thiophene rings is 1. The lowest BCUT2D eigenvalue weighted by Gasteiger charge is -2.13. The number of ether oxygens (including phenoxy) is 1. The first kappa shape index (κ1) is 21.2.